The van der Waals surface area contributed by atoms with Crippen LogP contribution in [0.2, 0.25) is 0 Å². The van der Waals surface area contributed by atoms with Crippen LogP contribution in [0.5, 0.6) is 0 Å². The minimum Gasteiger partial charge on any atom is -0.350 e. The Morgan fingerprint density at radius 1 is 1.00 bits per heavy atom. The zero-order valence-electron chi connectivity index (χ0n) is 15.9. The molecule has 0 saturated heterocycles. The monoisotopic (exact) mass is 374 g/mol. The van der Waals surface area contributed by atoms with Crippen molar-refractivity contribution in [2.24, 2.45) is 0 Å². The molecule has 1 amide bonds. The first-order valence-corrected chi connectivity index (χ1v) is 10.3. The van der Waals surface area contributed by atoms with E-state index in [2.05, 4.69) is 5.32 Å². The first-order chi connectivity index (χ1) is 12.1. The van der Waals surface area contributed by atoms with Gasteiger partial charge in [-0.2, -0.15) is 0 Å². The summed E-state index contributed by atoms with van der Waals surface area (Å²) >= 11 is 0. The molecule has 0 heterocycles. The van der Waals surface area contributed by atoms with Crippen LogP contribution in [-0.4, -0.2) is 26.6 Å². The quantitative estimate of drug-likeness (QED) is 0.845. The first kappa shape index (κ1) is 20.0. The summed E-state index contributed by atoms with van der Waals surface area (Å²) in [6, 6.07) is 12.5. The molecular weight excluding hydrogens is 348 g/mol. The maximum atomic E-state index is 12.6. The Kier molecular flexibility index (Phi) is 6.08. The summed E-state index contributed by atoms with van der Waals surface area (Å²) in [7, 11) is -3.61. The summed E-state index contributed by atoms with van der Waals surface area (Å²) in [5.41, 5.74) is 4.50. The molecular formula is C20H26N2O3S. The van der Waals surface area contributed by atoms with E-state index in [-0.39, 0.29) is 5.91 Å². The van der Waals surface area contributed by atoms with Gasteiger partial charge in [0.25, 0.3) is 0 Å². The number of nitrogens with one attached hydrogen (secondary N) is 1. The number of anilines is 1. The number of hydrogen-bond donors (Lipinski definition) is 1. The summed E-state index contributed by atoms with van der Waals surface area (Å²) < 4.78 is 25.9. The van der Waals surface area contributed by atoms with Crippen molar-refractivity contribution in [3.05, 3.63) is 64.7 Å². The maximum Gasteiger partial charge on any atom is 0.243 e. The molecule has 2 rings (SSSR count). The second-order valence-corrected chi connectivity index (χ2v) is 8.64. The number of amides is 1. The van der Waals surface area contributed by atoms with Crippen LogP contribution in [0.3, 0.4) is 0 Å². The van der Waals surface area contributed by atoms with Crippen molar-refractivity contribution < 1.29 is 13.2 Å². The maximum absolute atomic E-state index is 12.6. The highest BCUT2D eigenvalue weighted by Crippen LogP contribution is 2.24. The van der Waals surface area contributed by atoms with E-state index in [0.29, 0.717) is 12.2 Å². The van der Waals surface area contributed by atoms with Gasteiger partial charge in [0.15, 0.2) is 0 Å². The normalized spacial score (nSPS) is 12.5. The molecule has 0 aliphatic rings. The number of carbonyl (C=O) groups excluding carboxylic acids is 1. The summed E-state index contributed by atoms with van der Waals surface area (Å²) in [6.07, 6.45) is 1.12. The van der Waals surface area contributed by atoms with Gasteiger partial charge in [0.1, 0.15) is 6.04 Å². The van der Waals surface area contributed by atoms with E-state index in [1.165, 1.54) is 4.31 Å². The van der Waals surface area contributed by atoms with Gasteiger partial charge in [0, 0.05) is 6.54 Å². The molecule has 140 valence electrons. The Morgan fingerprint density at radius 2 is 1.54 bits per heavy atom. The standard InChI is InChI=1S/C20H26N2O3S/c1-14-6-8-18(9-7-14)13-21-20(23)17(4)22(26(5,24)25)19-11-15(2)10-16(3)12-19/h6-12,17H,13H2,1-5H3,(H,21,23)/t17-/m1/s1. The Balaban J connectivity index is 2.22. The van der Waals surface area contributed by atoms with Crippen molar-refractivity contribution >= 4 is 21.6 Å². The second kappa shape index (κ2) is 7.91. The molecule has 5 nitrogen and oxygen atoms in total. The van der Waals surface area contributed by atoms with E-state index in [1.54, 1.807) is 19.1 Å². The zero-order chi connectivity index (χ0) is 19.5. The van der Waals surface area contributed by atoms with Crippen LogP contribution < -0.4 is 9.62 Å². The van der Waals surface area contributed by atoms with Gasteiger partial charge >= 0.3 is 0 Å². The molecule has 26 heavy (non-hydrogen) atoms. The van der Waals surface area contributed by atoms with Crippen molar-refractivity contribution in [1.82, 2.24) is 5.32 Å². The molecule has 1 N–H and O–H groups in total. The third-order valence-electron chi connectivity index (χ3n) is 4.14. The molecule has 0 radical (unpaired) electrons. The van der Waals surface area contributed by atoms with Gasteiger partial charge in [-0.25, -0.2) is 8.42 Å². The largest absolute Gasteiger partial charge is 0.350 e. The summed E-state index contributed by atoms with van der Waals surface area (Å²) in [6.45, 7) is 7.76. The predicted octanol–water partition coefficient (Wildman–Crippen LogP) is 3.08. The van der Waals surface area contributed by atoms with Crippen LogP contribution in [0, 0.1) is 20.8 Å². The third-order valence-corrected chi connectivity index (χ3v) is 5.38. The lowest BCUT2D eigenvalue weighted by Crippen LogP contribution is -2.47. The van der Waals surface area contributed by atoms with Gasteiger partial charge in [-0.15, -0.1) is 0 Å². The lowest BCUT2D eigenvalue weighted by atomic mass is 10.1. The highest BCUT2D eigenvalue weighted by molar-refractivity contribution is 7.92. The fourth-order valence-corrected chi connectivity index (χ4v) is 4.09. The smallest absolute Gasteiger partial charge is 0.243 e. The Labute approximate surface area is 156 Å². The van der Waals surface area contributed by atoms with Crippen molar-refractivity contribution in [3.63, 3.8) is 0 Å². The third kappa shape index (κ3) is 5.08. The van der Waals surface area contributed by atoms with Crippen LogP contribution in [0.1, 0.15) is 29.2 Å². The molecule has 1 atom stereocenters. The molecule has 0 aliphatic carbocycles. The lowest BCUT2D eigenvalue weighted by molar-refractivity contribution is -0.122. The highest BCUT2D eigenvalue weighted by atomic mass is 32.2. The van der Waals surface area contributed by atoms with Gasteiger partial charge in [0.2, 0.25) is 15.9 Å². The minimum absolute atomic E-state index is 0.338. The summed E-state index contributed by atoms with van der Waals surface area (Å²) in [5.74, 6) is -0.338. The average molecular weight is 375 g/mol. The Morgan fingerprint density at radius 3 is 2.04 bits per heavy atom. The van der Waals surface area contributed by atoms with Gasteiger partial charge in [-0.05, 0) is 56.5 Å². The van der Waals surface area contributed by atoms with E-state index in [1.807, 2.05) is 51.1 Å². The molecule has 6 heteroatoms. The van der Waals surface area contributed by atoms with E-state index in [0.717, 1.165) is 28.5 Å². The fraction of sp³-hybridized carbons (Fsp3) is 0.350. The zero-order valence-corrected chi connectivity index (χ0v) is 16.7. The molecule has 0 aliphatic heterocycles. The van der Waals surface area contributed by atoms with E-state index in [4.69, 9.17) is 0 Å². The molecule has 0 saturated carbocycles. The fourth-order valence-electron chi connectivity index (χ4n) is 2.93. The Hall–Kier alpha value is -2.34. The number of benzene rings is 2. The lowest BCUT2D eigenvalue weighted by Gasteiger charge is -2.28. The van der Waals surface area contributed by atoms with Crippen LogP contribution >= 0.6 is 0 Å². The van der Waals surface area contributed by atoms with Gasteiger partial charge in [0.05, 0.1) is 11.9 Å². The molecule has 0 aromatic heterocycles. The highest BCUT2D eigenvalue weighted by Gasteiger charge is 2.29. The van der Waals surface area contributed by atoms with E-state index >= 15 is 0 Å². The number of nitrogens with zero attached hydrogens (tertiary/aromatic N) is 1. The molecule has 0 spiro atoms. The van der Waals surface area contributed by atoms with Crippen molar-refractivity contribution in [2.45, 2.75) is 40.3 Å². The number of hydrogen-bond acceptors (Lipinski definition) is 3. The summed E-state index contributed by atoms with van der Waals surface area (Å²) in [5, 5.41) is 2.82. The van der Waals surface area contributed by atoms with Crippen molar-refractivity contribution in [2.75, 3.05) is 10.6 Å². The molecule has 0 bridgehead atoms. The van der Waals surface area contributed by atoms with Gasteiger partial charge < -0.3 is 5.32 Å². The second-order valence-electron chi connectivity index (χ2n) is 6.78. The number of rotatable bonds is 6. The van der Waals surface area contributed by atoms with Crippen LogP contribution in [0.15, 0.2) is 42.5 Å². The Bertz CT molecular complexity index is 870. The van der Waals surface area contributed by atoms with E-state index in [9.17, 15) is 13.2 Å². The average Bonchev–Trinajstić information content (AvgIpc) is 2.51. The topological polar surface area (TPSA) is 66.5 Å². The molecule has 2 aromatic rings. The van der Waals surface area contributed by atoms with Crippen molar-refractivity contribution in [1.29, 1.82) is 0 Å². The molecule has 2 aromatic carbocycles. The van der Waals surface area contributed by atoms with E-state index < -0.39 is 16.1 Å². The van der Waals surface area contributed by atoms with Crippen molar-refractivity contribution in [3.8, 4) is 0 Å². The van der Waals surface area contributed by atoms with Crippen LogP contribution in [0.25, 0.3) is 0 Å². The van der Waals surface area contributed by atoms with Crippen LogP contribution in [-0.2, 0) is 21.4 Å². The summed E-state index contributed by atoms with van der Waals surface area (Å²) in [4.78, 5) is 12.6. The molecule has 0 unspecified atom stereocenters. The molecule has 0 fully saturated rings. The predicted molar refractivity (Wildman–Crippen MR) is 106 cm³/mol. The number of aryl methyl sites for hydroxylation is 3. The minimum atomic E-state index is -3.61. The number of carbonyl (C=O) groups is 1. The number of sulfonamides is 1. The van der Waals surface area contributed by atoms with Gasteiger partial charge in [-0.3, -0.25) is 9.10 Å². The first-order valence-electron chi connectivity index (χ1n) is 8.49. The SMILES string of the molecule is Cc1ccc(CNC(=O)[C@@H](C)N(c2cc(C)cc(C)c2)S(C)(=O)=O)cc1. The van der Waals surface area contributed by atoms with Crippen LogP contribution in [0.4, 0.5) is 5.69 Å². The van der Waals surface area contributed by atoms with Gasteiger partial charge in [-0.1, -0.05) is 35.9 Å².